The third-order valence-corrected chi connectivity index (χ3v) is 5.14. The lowest BCUT2D eigenvalue weighted by atomic mass is 10.2. The SMILES string of the molecule is CCOc1cc(/C=C2\SC(=O)N(CCOc3cccc(C)c3)C2=O)ccc1OC(F)F. The zero-order chi connectivity index (χ0) is 22.4. The van der Waals surface area contributed by atoms with Crippen LogP contribution in [0.2, 0.25) is 0 Å². The highest BCUT2D eigenvalue weighted by atomic mass is 32.2. The van der Waals surface area contributed by atoms with Crippen LogP contribution in [-0.4, -0.2) is 42.4 Å². The van der Waals surface area contributed by atoms with Crippen molar-refractivity contribution in [2.45, 2.75) is 20.5 Å². The second-order valence-electron chi connectivity index (χ2n) is 6.52. The van der Waals surface area contributed by atoms with Crippen LogP contribution in [0, 0.1) is 6.92 Å². The van der Waals surface area contributed by atoms with Crippen LogP contribution in [0.4, 0.5) is 13.6 Å². The van der Waals surface area contributed by atoms with Crippen LogP contribution in [0.1, 0.15) is 18.1 Å². The van der Waals surface area contributed by atoms with Gasteiger partial charge in [0, 0.05) is 0 Å². The molecule has 0 bridgehead atoms. The first kappa shape index (κ1) is 22.6. The number of hydrogen-bond acceptors (Lipinski definition) is 6. The zero-order valence-electron chi connectivity index (χ0n) is 17.0. The highest BCUT2D eigenvalue weighted by molar-refractivity contribution is 8.18. The van der Waals surface area contributed by atoms with Crippen molar-refractivity contribution in [1.29, 1.82) is 0 Å². The molecule has 0 radical (unpaired) electrons. The Hall–Kier alpha value is -3.07. The summed E-state index contributed by atoms with van der Waals surface area (Å²) in [5.41, 5.74) is 1.56. The summed E-state index contributed by atoms with van der Waals surface area (Å²) in [5, 5.41) is -0.397. The van der Waals surface area contributed by atoms with E-state index in [1.54, 1.807) is 13.0 Å². The predicted octanol–water partition coefficient (Wildman–Crippen LogP) is 5.11. The zero-order valence-corrected chi connectivity index (χ0v) is 17.8. The van der Waals surface area contributed by atoms with Crippen molar-refractivity contribution in [3.8, 4) is 17.2 Å². The van der Waals surface area contributed by atoms with Gasteiger partial charge in [0.2, 0.25) is 0 Å². The van der Waals surface area contributed by atoms with Crippen molar-refractivity contribution < 1.29 is 32.6 Å². The van der Waals surface area contributed by atoms with Crippen LogP contribution >= 0.6 is 11.8 Å². The quantitative estimate of drug-likeness (QED) is 0.496. The number of carbonyl (C=O) groups excluding carboxylic acids is 2. The summed E-state index contributed by atoms with van der Waals surface area (Å²) in [6.07, 6.45) is 1.51. The number of rotatable bonds is 9. The first-order valence-electron chi connectivity index (χ1n) is 9.54. The second kappa shape index (κ2) is 10.3. The maximum Gasteiger partial charge on any atom is 0.387 e. The van der Waals surface area contributed by atoms with E-state index in [-0.39, 0.29) is 36.2 Å². The molecule has 1 heterocycles. The van der Waals surface area contributed by atoms with Gasteiger partial charge in [-0.05, 0) is 67.1 Å². The van der Waals surface area contributed by atoms with Crippen molar-refractivity contribution in [3.63, 3.8) is 0 Å². The number of alkyl halides is 2. The van der Waals surface area contributed by atoms with E-state index in [1.807, 2.05) is 25.1 Å². The fourth-order valence-electron chi connectivity index (χ4n) is 2.88. The lowest BCUT2D eigenvalue weighted by Gasteiger charge is -2.13. The van der Waals surface area contributed by atoms with Gasteiger partial charge in [0.1, 0.15) is 12.4 Å². The summed E-state index contributed by atoms with van der Waals surface area (Å²) in [4.78, 5) is 26.3. The second-order valence-corrected chi connectivity index (χ2v) is 7.51. The average molecular weight is 449 g/mol. The Kier molecular flexibility index (Phi) is 7.51. The summed E-state index contributed by atoms with van der Waals surface area (Å²) in [7, 11) is 0. The molecule has 1 fully saturated rings. The topological polar surface area (TPSA) is 65.1 Å². The van der Waals surface area contributed by atoms with E-state index in [2.05, 4.69) is 4.74 Å². The van der Waals surface area contributed by atoms with Gasteiger partial charge in [-0.1, -0.05) is 18.2 Å². The fraction of sp³-hybridized carbons (Fsp3) is 0.273. The van der Waals surface area contributed by atoms with Crippen LogP contribution in [0.15, 0.2) is 47.4 Å². The molecule has 0 N–H and O–H groups in total. The van der Waals surface area contributed by atoms with E-state index in [9.17, 15) is 18.4 Å². The first-order valence-corrected chi connectivity index (χ1v) is 10.4. The molecule has 0 atom stereocenters. The average Bonchev–Trinajstić information content (AvgIpc) is 2.97. The highest BCUT2D eigenvalue weighted by Gasteiger charge is 2.34. The van der Waals surface area contributed by atoms with E-state index in [1.165, 1.54) is 24.3 Å². The third kappa shape index (κ3) is 5.97. The molecular weight excluding hydrogens is 428 g/mol. The van der Waals surface area contributed by atoms with Crippen LogP contribution in [0.5, 0.6) is 17.2 Å². The van der Waals surface area contributed by atoms with Gasteiger partial charge >= 0.3 is 6.61 Å². The number of imide groups is 1. The molecule has 1 aliphatic heterocycles. The molecule has 31 heavy (non-hydrogen) atoms. The van der Waals surface area contributed by atoms with E-state index in [0.29, 0.717) is 11.3 Å². The lowest BCUT2D eigenvalue weighted by molar-refractivity contribution is -0.123. The number of amides is 2. The number of halogens is 2. The van der Waals surface area contributed by atoms with Gasteiger partial charge in [-0.3, -0.25) is 14.5 Å². The molecule has 0 aliphatic carbocycles. The molecule has 0 aromatic heterocycles. The Bertz CT molecular complexity index is 996. The lowest BCUT2D eigenvalue weighted by Crippen LogP contribution is -2.32. The summed E-state index contributed by atoms with van der Waals surface area (Å²) < 4.78 is 40.5. The number of carbonyl (C=O) groups is 2. The smallest absolute Gasteiger partial charge is 0.387 e. The molecule has 1 saturated heterocycles. The van der Waals surface area contributed by atoms with Gasteiger partial charge in [-0.15, -0.1) is 0 Å². The number of benzene rings is 2. The van der Waals surface area contributed by atoms with Crippen LogP contribution in [-0.2, 0) is 4.79 Å². The third-order valence-electron chi connectivity index (χ3n) is 4.23. The minimum absolute atomic E-state index is 0.101. The summed E-state index contributed by atoms with van der Waals surface area (Å²) in [5.74, 6) is 0.253. The van der Waals surface area contributed by atoms with Crippen molar-refractivity contribution in [2.75, 3.05) is 19.8 Å². The largest absolute Gasteiger partial charge is 0.492 e. The Morgan fingerprint density at radius 3 is 2.61 bits per heavy atom. The maximum atomic E-state index is 12.6. The Morgan fingerprint density at radius 1 is 1.10 bits per heavy atom. The Morgan fingerprint density at radius 2 is 1.90 bits per heavy atom. The van der Waals surface area contributed by atoms with Gasteiger partial charge in [-0.2, -0.15) is 8.78 Å². The van der Waals surface area contributed by atoms with Crippen LogP contribution < -0.4 is 14.2 Å². The van der Waals surface area contributed by atoms with E-state index in [0.717, 1.165) is 22.2 Å². The van der Waals surface area contributed by atoms with Crippen LogP contribution in [0.25, 0.3) is 6.08 Å². The maximum absolute atomic E-state index is 12.6. The molecule has 164 valence electrons. The van der Waals surface area contributed by atoms with Gasteiger partial charge in [0.25, 0.3) is 11.1 Å². The summed E-state index contributed by atoms with van der Waals surface area (Å²) in [6, 6.07) is 11.8. The molecule has 0 saturated carbocycles. The Labute approximate surface area is 182 Å². The van der Waals surface area contributed by atoms with Gasteiger partial charge in [0.05, 0.1) is 18.1 Å². The van der Waals surface area contributed by atoms with Gasteiger partial charge in [-0.25, -0.2) is 0 Å². The molecule has 2 aromatic carbocycles. The number of hydrogen-bond donors (Lipinski definition) is 0. The highest BCUT2D eigenvalue weighted by Crippen LogP contribution is 2.35. The van der Waals surface area contributed by atoms with Crippen molar-refractivity contribution >= 4 is 29.0 Å². The predicted molar refractivity (Wildman–Crippen MR) is 114 cm³/mol. The number of ether oxygens (including phenoxy) is 3. The first-order chi connectivity index (χ1) is 14.9. The summed E-state index contributed by atoms with van der Waals surface area (Å²) >= 11 is 0.810. The molecule has 3 rings (SSSR count). The molecular formula is C22H21F2NO5S. The monoisotopic (exact) mass is 449 g/mol. The minimum atomic E-state index is -2.98. The molecule has 2 amide bonds. The minimum Gasteiger partial charge on any atom is -0.492 e. The van der Waals surface area contributed by atoms with E-state index >= 15 is 0 Å². The Balaban J connectivity index is 1.68. The van der Waals surface area contributed by atoms with Crippen molar-refractivity contribution in [2.24, 2.45) is 0 Å². The van der Waals surface area contributed by atoms with E-state index in [4.69, 9.17) is 9.47 Å². The molecule has 0 spiro atoms. The molecule has 9 heteroatoms. The molecule has 6 nitrogen and oxygen atoms in total. The molecule has 1 aliphatic rings. The van der Waals surface area contributed by atoms with Crippen molar-refractivity contribution in [1.82, 2.24) is 4.90 Å². The standard InChI is InChI=1S/C22H21F2NO5S/c1-3-28-18-12-15(7-8-17(18)30-21(23)24)13-19-20(26)25(22(27)31-19)9-10-29-16-6-4-5-14(2)11-16/h4-8,11-13,21H,3,9-10H2,1-2H3/b19-13-. The number of thioether (sulfide) groups is 1. The van der Waals surface area contributed by atoms with E-state index < -0.39 is 17.8 Å². The summed E-state index contributed by atoms with van der Waals surface area (Å²) in [6.45, 7) is 1.20. The molecule has 0 unspecified atom stereocenters. The van der Waals surface area contributed by atoms with Gasteiger partial charge < -0.3 is 14.2 Å². The van der Waals surface area contributed by atoms with Gasteiger partial charge in [0.15, 0.2) is 11.5 Å². The number of aryl methyl sites for hydroxylation is 1. The van der Waals surface area contributed by atoms with Crippen LogP contribution in [0.3, 0.4) is 0 Å². The normalized spacial score (nSPS) is 15.1. The fourth-order valence-corrected chi connectivity index (χ4v) is 3.75. The van der Waals surface area contributed by atoms with Crippen molar-refractivity contribution in [3.05, 3.63) is 58.5 Å². The number of nitrogens with zero attached hydrogens (tertiary/aromatic N) is 1. The molecule has 2 aromatic rings.